The number of hydrogen-bond acceptors (Lipinski definition) is 4. The van der Waals surface area contributed by atoms with Gasteiger partial charge in [-0.3, -0.25) is 4.79 Å². The molecule has 1 aromatic heterocycles. The molecule has 1 amide bonds. The molecular formula is C19H22F2N4O. The smallest absolute Gasteiger partial charge is 0.224 e. The SMILES string of the molecule is Cc1cc(N2CCCCC2)nc(CNC(=O)Cc2ccc(F)cc2F)n1. The van der Waals surface area contributed by atoms with Gasteiger partial charge in [0.2, 0.25) is 5.91 Å². The van der Waals surface area contributed by atoms with Crippen LogP contribution in [0.3, 0.4) is 0 Å². The van der Waals surface area contributed by atoms with Crippen molar-refractivity contribution in [1.29, 1.82) is 0 Å². The zero-order valence-corrected chi connectivity index (χ0v) is 14.8. The van der Waals surface area contributed by atoms with E-state index in [1.54, 1.807) is 0 Å². The van der Waals surface area contributed by atoms with Crippen LogP contribution >= 0.6 is 0 Å². The number of aromatic nitrogens is 2. The van der Waals surface area contributed by atoms with Gasteiger partial charge >= 0.3 is 0 Å². The van der Waals surface area contributed by atoms with Crippen LogP contribution in [-0.4, -0.2) is 29.0 Å². The van der Waals surface area contributed by atoms with E-state index >= 15 is 0 Å². The Morgan fingerprint density at radius 3 is 2.65 bits per heavy atom. The molecule has 0 spiro atoms. The Morgan fingerprint density at radius 1 is 1.15 bits per heavy atom. The standard InChI is InChI=1S/C19H22F2N4O/c1-13-9-18(25-7-3-2-4-8-25)24-17(23-13)12-22-19(26)10-14-5-6-15(20)11-16(14)21/h5-6,9,11H,2-4,7-8,10,12H2,1H3,(H,22,26). The summed E-state index contributed by atoms with van der Waals surface area (Å²) in [6.07, 6.45) is 3.39. The highest BCUT2D eigenvalue weighted by Gasteiger charge is 2.15. The van der Waals surface area contributed by atoms with Crippen LogP contribution in [0.4, 0.5) is 14.6 Å². The average Bonchev–Trinajstić information content (AvgIpc) is 2.63. The van der Waals surface area contributed by atoms with Crippen LogP contribution in [0, 0.1) is 18.6 Å². The van der Waals surface area contributed by atoms with E-state index < -0.39 is 11.6 Å². The summed E-state index contributed by atoms with van der Waals surface area (Å²) in [5.41, 5.74) is 0.998. The van der Waals surface area contributed by atoms with E-state index in [0.717, 1.165) is 49.6 Å². The summed E-state index contributed by atoms with van der Waals surface area (Å²) >= 11 is 0. The fourth-order valence-corrected chi connectivity index (χ4v) is 3.05. The molecule has 0 saturated carbocycles. The molecule has 5 nitrogen and oxygen atoms in total. The predicted octanol–water partition coefficient (Wildman–Crippen LogP) is 2.91. The molecule has 1 aromatic carbocycles. The van der Waals surface area contributed by atoms with Crippen molar-refractivity contribution in [3.63, 3.8) is 0 Å². The molecule has 0 atom stereocenters. The number of halogens is 2. The summed E-state index contributed by atoms with van der Waals surface area (Å²) in [5.74, 6) is -0.339. The largest absolute Gasteiger partial charge is 0.357 e. The molecule has 1 aliphatic rings. The molecule has 0 bridgehead atoms. The number of hydrogen-bond donors (Lipinski definition) is 1. The van der Waals surface area contributed by atoms with Crippen LogP contribution < -0.4 is 10.2 Å². The number of nitrogens with one attached hydrogen (secondary N) is 1. The third-order valence-corrected chi connectivity index (χ3v) is 4.38. The number of rotatable bonds is 5. The van der Waals surface area contributed by atoms with Gasteiger partial charge in [0, 0.05) is 30.9 Å². The minimum Gasteiger partial charge on any atom is -0.357 e. The second kappa shape index (κ2) is 8.21. The maximum atomic E-state index is 13.6. The zero-order valence-electron chi connectivity index (χ0n) is 14.8. The van der Waals surface area contributed by atoms with Gasteiger partial charge in [-0.25, -0.2) is 18.7 Å². The first-order valence-electron chi connectivity index (χ1n) is 8.81. The van der Waals surface area contributed by atoms with Crippen LogP contribution in [0.15, 0.2) is 24.3 Å². The Kier molecular flexibility index (Phi) is 5.75. The lowest BCUT2D eigenvalue weighted by atomic mass is 10.1. The summed E-state index contributed by atoms with van der Waals surface area (Å²) in [5, 5.41) is 2.70. The van der Waals surface area contributed by atoms with E-state index in [0.29, 0.717) is 5.82 Å². The van der Waals surface area contributed by atoms with E-state index in [1.807, 2.05) is 13.0 Å². The summed E-state index contributed by atoms with van der Waals surface area (Å²) in [6.45, 7) is 4.02. The van der Waals surface area contributed by atoms with Gasteiger partial charge in [0.15, 0.2) is 0 Å². The first-order chi connectivity index (χ1) is 12.5. The summed E-state index contributed by atoms with van der Waals surface area (Å²) in [6, 6.07) is 5.14. The number of carbonyl (C=O) groups is 1. The number of benzene rings is 1. The van der Waals surface area contributed by atoms with Crippen molar-refractivity contribution < 1.29 is 13.6 Å². The van der Waals surface area contributed by atoms with Crippen LogP contribution in [0.1, 0.15) is 36.3 Å². The fraction of sp³-hybridized carbons (Fsp3) is 0.421. The lowest BCUT2D eigenvalue weighted by Gasteiger charge is -2.28. The van der Waals surface area contributed by atoms with E-state index in [2.05, 4.69) is 20.2 Å². The van der Waals surface area contributed by atoms with Gasteiger partial charge in [-0.15, -0.1) is 0 Å². The molecule has 1 saturated heterocycles. The van der Waals surface area contributed by atoms with Crippen molar-refractivity contribution >= 4 is 11.7 Å². The highest BCUT2D eigenvalue weighted by molar-refractivity contribution is 5.78. The summed E-state index contributed by atoms with van der Waals surface area (Å²) < 4.78 is 26.6. The molecule has 26 heavy (non-hydrogen) atoms. The molecular weight excluding hydrogens is 338 g/mol. The Labute approximate surface area is 151 Å². The number of aryl methyl sites for hydroxylation is 1. The van der Waals surface area contributed by atoms with Crippen molar-refractivity contribution in [2.24, 2.45) is 0 Å². The van der Waals surface area contributed by atoms with Gasteiger partial charge in [-0.05, 0) is 37.8 Å². The van der Waals surface area contributed by atoms with E-state index in [4.69, 9.17) is 0 Å². The van der Waals surface area contributed by atoms with Crippen LogP contribution in [0.2, 0.25) is 0 Å². The van der Waals surface area contributed by atoms with Gasteiger partial charge in [-0.2, -0.15) is 0 Å². The van der Waals surface area contributed by atoms with Gasteiger partial charge in [0.25, 0.3) is 0 Å². The normalized spacial score (nSPS) is 14.3. The van der Waals surface area contributed by atoms with Gasteiger partial charge in [0.05, 0.1) is 13.0 Å². The number of amides is 1. The topological polar surface area (TPSA) is 58.1 Å². The van der Waals surface area contributed by atoms with Crippen molar-refractivity contribution in [2.75, 3.05) is 18.0 Å². The van der Waals surface area contributed by atoms with Crippen molar-refractivity contribution in [2.45, 2.75) is 39.2 Å². The molecule has 1 aliphatic heterocycles. The second-order valence-electron chi connectivity index (χ2n) is 6.52. The maximum Gasteiger partial charge on any atom is 0.224 e. The molecule has 1 fully saturated rings. The first kappa shape index (κ1) is 18.2. The lowest BCUT2D eigenvalue weighted by Crippen LogP contribution is -2.31. The fourth-order valence-electron chi connectivity index (χ4n) is 3.05. The minimum atomic E-state index is -0.723. The molecule has 0 radical (unpaired) electrons. The molecule has 138 valence electrons. The van der Waals surface area contributed by atoms with Crippen molar-refractivity contribution in [1.82, 2.24) is 15.3 Å². The Hall–Kier alpha value is -2.57. The molecule has 2 aromatic rings. The molecule has 3 rings (SSSR count). The van der Waals surface area contributed by atoms with Gasteiger partial charge in [-0.1, -0.05) is 6.07 Å². The molecule has 0 aliphatic carbocycles. The quantitative estimate of drug-likeness (QED) is 0.891. The maximum absolute atomic E-state index is 13.6. The summed E-state index contributed by atoms with van der Waals surface area (Å²) in [7, 11) is 0. The number of carbonyl (C=O) groups excluding carboxylic acids is 1. The predicted molar refractivity (Wildman–Crippen MR) is 94.7 cm³/mol. The third kappa shape index (κ3) is 4.74. The molecule has 1 N–H and O–H groups in total. The Bertz CT molecular complexity index is 791. The summed E-state index contributed by atoms with van der Waals surface area (Å²) in [4.78, 5) is 23.2. The molecule has 2 heterocycles. The number of nitrogens with zero attached hydrogens (tertiary/aromatic N) is 3. The van der Waals surface area contributed by atoms with E-state index in [9.17, 15) is 13.6 Å². The van der Waals surface area contributed by atoms with E-state index in [-0.39, 0.29) is 24.4 Å². The second-order valence-corrected chi connectivity index (χ2v) is 6.52. The van der Waals surface area contributed by atoms with Crippen LogP contribution in [0.5, 0.6) is 0 Å². The van der Waals surface area contributed by atoms with Crippen LogP contribution in [0.25, 0.3) is 0 Å². The monoisotopic (exact) mass is 360 g/mol. The Balaban J connectivity index is 1.61. The highest BCUT2D eigenvalue weighted by atomic mass is 19.1. The Morgan fingerprint density at radius 2 is 1.92 bits per heavy atom. The van der Waals surface area contributed by atoms with Crippen molar-refractivity contribution in [3.8, 4) is 0 Å². The van der Waals surface area contributed by atoms with Gasteiger partial charge < -0.3 is 10.2 Å². The zero-order chi connectivity index (χ0) is 18.5. The number of piperidine rings is 1. The highest BCUT2D eigenvalue weighted by Crippen LogP contribution is 2.18. The van der Waals surface area contributed by atoms with Crippen LogP contribution in [-0.2, 0) is 17.8 Å². The lowest BCUT2D eigenvalue weighted by molar-refractivity contribution is -0.120. The van der Waals surface area contributed by atoms with Crippen molar-refractivity contribution in [3.05, 3.63) is 53.0 Å². The third-order valence-electron chi connectivity index (χ3n) is 4.38. The molecule has 7 heteroatoms. The minimum absolute atomic E-state index is 0.156. The number of anilines is 1. The molecule has 0 unspecified atom stereocenters. The van der Waals surface area contributed by atoms with E-state index in [1.165, 1.54) is 12.5 Å². The average molecular weight is 360 g/mol. The van der Waals surface area contributed by atoms with Gasteiger partial charge in [0.1, 0.15) is 23.3 Å². The first-order valence-corrected chi connectivity index (χ1v) is 8.81.